The molecule has 0 aliphatic heterocycles. The molecule has 6 nitrogen and oxygen atoms in total. The van der Waals surface area contributed by atoms with E-state index in [2.05, 4.69) is 9.97 Å². The molecule has 1 aromatic heterocycles. The molecule has 0 fully saturated rings. The van der Waals surface area contributed by atoms with Gasteiger partial charge in [-0.05, 0) is 12.1 Å². The summed E-state index contributed by atoms with van der Waals surface area (Å²) in [5, 5.41) is 0. The Bertz CT molecular complexity index is 546. The van der Waals surface area contributed by atoms with Crippen molar-refractivity contribution in [1.82, 2.24) is 9.97 Å². The molecule has 6 heteroatoms. The van der Waals surface area contributed by atoms with Gasteiger partial charge in [0.15, 0.2) is 11.5 Å². The molecule has 0 radical (unpaired) electrons. The zero-order chi connectivity index (χ0) is 13.5. The maximum atomic E-state index is 11.6. The van der Waals surface area contributed by atoms with E-state index in [0.717, 1.165) is 5.75 Å². The van der Waals surface area contributed by atoms with E-state index in [1.807, 2.05) is 30.3 Å². The topological polar surface area (TPSA) is 87.3 Å². The van der Waals surface area contributed by atoms with E-state index in [4.69, 9.17) is 15.2 Å². The fraction of sp³-hybridized carbons (Fsp3) is 0.154. The number of benzene rings is 1. The van der Waals surface area contributed by atoms with Gasteiger partial charge in [-0.2, -0.15) is 0 Å². The van der Waals surface area contributed by atoms with Gasteiger partial charge in [0.2, 0.25) is 0 Å². The number of para-hydroxylation sites is 1. The number of anilines is 1. The maximum absolute atomic E-state index is 11.6. The van der Waals surface area contributed by atoms with Crippen LogP contribution in [0.2, 0.25) is 0 Å². The summed E-state index contributed by atoms with van der Waals surface area (Å²) in [6, 6.07) is 9.26. The fourth-order valence-corrected chi connectivity index (χ4v) is 1.39. The quantitative estimate of drug-likeness (QED) is 0.643. The van der Waals surface area contributed by atoms with Crippen LogP contribution in [0, 0.1) is 0 Å². The number of aromatic nitrogens is 2. The van der Waals surface area contributed by atoms with Crippen molar-refractivity contribution in [3.05, 3.63) is 48.4 Å². The zero-order valence-corrected chi connectivity index (χ0v) is 10.2. The van der Waals surface area contributed by atoms with Crippen LogP contribution in [-0.2, 0) is 4.74 Å². The molecule has 0 amide bonds. The van der Waals surface area contributed by atoms with Crippen molar-refractivity contribution >= 4 is 11.8 Å². The second kappa shape index (κ2) is 6.34. The predicted molar refractivity (Wildman–Crippen MR) is 68.7 cm³/mol. The minimum atomic E-state index is -0.609. The summed E-state index contributed by atoms with van der Waals surface area (Å²) in [5.41, 5.74) is 5.53. The summed E-state index contributed by atoms with van der Waals surface area (Å²) in [7, 11) is 0. The average molecular weight is 259 g/mol. The molecule has 0 saturated heterocycles. The van der Waals surface area contributed by atoms with Gasteiger partial charge in [-0.15, -0.1) is 0 Å². The SMILES string of the molecule is Nc1nccnc1C(=O)OCCOc1ccccc1. The van der Waals surface area contributed by atoms with Crippen molar-refractivity contribution < 1.29 is 14.3 Å². The number of carbonyl (C=O) groups is 1. The van der Waals surface area contributed by atoms with Gasteiger partial charge < -0.3 is 15.2 Å². The van der Waals surface area contributed by atoms with Crippen LogP contribution < -0.4 is 10.5 Å². The Hall–Kier alpha value is -2.63. The normalized spacial score (nSPS) is 9.89. The fourth-order valence-electron chi connectivity index (χ4n) is 1.39. The predicted octanol–water partition coefficient (Wildman–Crippen LogP) is 1.29. The van der Waals surface area contributed by atoms with E-state index < -0.39 is 5.97 Å². The van der Waals surface area contributed by atoms with Crippen LogP contribution in [-0.4, -0.2) is 29.2 Å². The number of nitrogens with zero attached hydrogens (tertiary/aromatic N) is 2. The minimum Gasteiger partial charge on any atom is -0.490 e. The van der Waals surface area contributed by atoms with Gasteiger partial charge in [-0.25, -0.2) is 14.8 Å². The van der Waals surface area contributed by atoms with Crippen molar-refractivity contribution in [3.63, 3.8) is 0 Å². The van der Waals surface area contributed by atoms with Crippen molar-refractivity contribution in [3.8, 4) is 5.75 Å². The Morgan fingerprint density at radius 1 is 1.11 bits per heavy atom. The van der Waals surface area contributed by atoms with E-state index in [9.17, 15) is 4.79 Å². The molecule has 19 heavy (non-hydrogen) atoms. The van der Waals surface area contributed by atoms with Gasteiger partial charge in [0.25, 0.3) is 0 Å². The first-order valence-electron chi connectivity index (χ1n) is 5.69. The third-order valence-electron chi connectivity index (χ3n) is 2.25. The third-order valence-corrected chi connectivity index (χ3v) is 2.25. The van der Waals surface area contributed by atoms with Crippen LogP contribution in [0.15, 0.2) is 42.7 Å². The summed E-state index contributed by atoms with van der Waals surface area (Å²) < 4.78 is 10.4. The number of carbonyl (C=O) groups excluding carboxylic acids is 1. The van der Waals surface area contributed by atoms with Gasteiger partial charge in [0.05, 0.1) is 0 Å². The number of nitrogens with two attached hydrogens (primary N) is 1. The molecule has 0 aliphatic rings. The van der Waals surface area contributed by atoms with E-state index in [0.29, 0.717) is 0 Å². The van der Waals surface area contributed by atoms with E-state index in [1.54, 1.807) is 0 Å². The smallest absolute Gasteiger partial charge is 0.360 e. The Balaban J connectivity index is 1.77. The highest BCUT2D eigenvalue weighted by Crippen LogP contribution is 2.08. The molecule has 0 bridgehead atoms. The maximum Gasteiger partial charge on any atom is 0.360 e. The van der Waals surface area contributed by atoms with Crippen molar-refractivity contribution in [1.29, 1.82) is 0 Å². The first-order chi connectivity index (χ1) is 9.27. The Kier molecular flexibility index (Phi) is 4.28. The summed E-state index contributed by atoms with van der Waals surface area (Å²) in [5.74, 6) is 0.163. The molecule has 1 heterocycles. The lowest BCUT2D eigenvalue weighted by molar-refractivity contribution is 0.0444. The van der Waals surface area contributed by atoms with E-state index in [-0.39, 0.29) is 24.7 Å². The van der Waals surface area contributed by atoms with Crippen LogP contribution >= 0.6 is 0 Å². The Morgan fingerprint density at radius 2 is 1.84 bits per heavy atom. The van der Waals surface area contributed by atoms with Gasteiger partial charge in [-0.3, -0.25) is 0 Å². The van der Waals surface area contributed by atoms with Crippen LogP contribution in [0.5, 0.6) is 5.75 Å². The van der Waals surface area contributed by atoms with Crippen molar-refractivity contribution in [2.24, 2.45) is 0 Å². The lowest BCUT2D eigenvalue weighted by Gasteiger charge is -2.07. The Labute approximate surface area is 110 Å². The van der Waals surface area contributed by atoms with Gasteiger partial charge in [-0.1, -0.05) is 18.2 Å². The molecule has 98 valence electrons. The molecule has 0 spiro atoms. The molecular weight excluding hydrogens is 246 g/mol. The first kappa shape index (κ1) is 12.8. The highest BCUT2D eigenvalue weighted by Gasteiger charge is 2.13. The lowest BCUT2D eigenvalue weighted by Crippen LogP contribution is -2.15. The molecule has 1 aromatic carbocycles. The lowest BCUT2D eigenvalue weighted by atomic mass is 10.3. The highest BCUT2D eigenvalue weighted by atomic mass is 16.6. The summed E-state index contributed by atoms with van der Waals surface area (Å²) in [6.07, 6.45) is 2.79. The van der Waals surface area contributed by atoms with Crippen LogP contribution in [0.25, 0.3) is 0 Å². The Morgan fingerprint density at radius 3 is 2.58 bits per heavy atom. The van der Waals surface area contributed by atoms with Crippen molar-refractivity contribution in [2.75, 3.05) is 18.9 Å². The second-order valence-corrected chi connectivity index (χ2v) is 3.59. The first-order valence-corrected chi connectivity index (χ1v) is 5.69. The minimum absolute atomic E-state index is 0.0159. The number of hydrogen-bond acceptors (Lipinski definition) is 6. The van der Waals surface area contributed by atoms with Gasteiger partial charge >= 0.3 is 5.97 Å². The number of esters is 1. The number of nitrogen functional groups attached to an aromatic ring is 1. The molecule has 0 atom stereocenters. The molecule has 0 saturated carbocycles. The van der Waals surface area contributed by atoms with E-state index in [1.165, 1.54) is 12.4 Å². The zero-order valence-electron chi connectivity index (χ0n) is 10.2. The number of hydrogen-bond donors (Lipinski definition) is 1. The van der Waals surface area contributed by atoms with E-state index >= 15 is 0 Å². The van der Waals surface area contributed by atoms with Crippen LogP contribution in [0.3, 0.4) is 0 Å². The molecular formula is C13H13N3O3. The van der Waals surface area contributed by atoms with Crippen LogP contribution in [0.1, 0.15) is 10.5 Å². The molecule has 2 N–H and O–H groups in total. The summed E-state index contributed by atoms with van der Waals surface area (Å²) in [4.78, 5) is 19.2. The summed E-state index contributed by atoms with van der Waals surface area (Å²) >= 11 is 0. The number of rotatable bonds is 5. The highest BCUT2D eigenvalue weighted by molar-refractivity contribution is 5.91. The van der Waals surface area contributed by atoms with Crippen molar-refractivity contribution in [2.45, 2.75) is 0 Å². The van der Waals surface area contributed by atoms with Gasteiger partial charge in [0.1, 0.15) is 19.0 Å². The molecule has 2 rings (SSSR count). The second-order valence-electron chi connectivity index (χ2n) is 3.59. The summed E-state index contributed by atoms with van der Waals surface area (Å²) in [6.45, 7) is 0.375. The third kappa shape index (κ3) is 3.67. The number of ether oxygens (including phenoxy) is 2. The van der Waals surface area contributed by atoms with Crippen LogP contribution in [0.4, 0.5) is 5.82 Å². The standard InChI is InChI=1S/C13H13N3O3/c14-12-11(15-6-7-16-12)13(17)19-9-8-18-10-4-2-1-3-5-10/h1-7H,8-9H2,(H2,14,16). The molecule has 0 unspecified atom stereocenters. The van der Waals surface area contributed by atoms with Gasteiger partial charge in [0, 0.05) is 12.4 Å². The molecule has 2 aromatic rings. The largest absolute Gasteiger partial charge is 0.490 e. The monoisotopic (exact) mass is 259 g/mol. The average Bonchev–Trinajstić information content (AvgIpc) is 2.45. The molecule has 0 aliphatic carbocycles.